The first-order valence-electron chi connectivity index (χ1n) is 5.71. The number of H-pyrrole nitrogens is 1. The average molecular weight is 269 g/mol. The van der Waals surface area contributed by atoms with Gasteiger partial charge in [0, 0.05) is 11.3 Å². The lowest BCUT2D eigenvalue weighted by molar-refractivity contribution is 0.0998. The van der Waals surface area contributed by atoms with Crippen LogP contribution in [0.4, 0.5) is 0 Å². The maximum Gasteiger partial charge on any atom is 0.266 e. The molecule has 6 heteroatoms. The van der Waals surface area contributed by atoms with E-state index in [0.29, 0.717) is 16.8 Å². The molecule has 0 spiro atoms. The monoisotopic (exact) mass is 269 g/mol. The van der Waals surface area contributed by atoms with Crippen molar-refractivity contribution in [3.05, 3.63) is 51.4 Å². The summed E-state index contributed by atoms with van der Waals surface area (Å²) < 4.78 is 0. The number of nitrogens with zero attached hydrogens (tertiary/aromatic N) is 1. The van der Waals surface area contributed by atoms with Crippen LogP contribution in [0.2, 0.25) is 0 Å². The molecule has 1 aromatic carbocycles. The number of hydrogen-bond acceptors (Lipinski definition) is 4. The van der Waals surface area contributed by atoms with Gasteiger partial charge in [-0.1, -0.05) is 6.07 Å². The fraction of sp³-hybridized carbons (Fsp3) is 0.0714. The molecule has 0 aliphatic carbocycles. The number of carbonyl (C=O) groups is 1. The number of aromatic amines is 1. The Morgan fingerprint density at radius 2 is 2.10 bits per heavy atom. The smallest absolute Gasteiger partial charge is 0.266 e. The molecule has 20 heavy (non-hydrogen) atoms. The molecule has 0 radical (unpaired) electrons. The SMILES string of the molecule is Cc1cc(-c2ccc(O)c(C(N)=O)c2)c(C#N)c(=O)[nH]1. The molecule has 0 aliphatic heterocycles. The maximum absolute atomic E-state index is 11.7. The zero-order valence-electron chi connectivity index (χ0n) is 10.6. The zero-order chi connectivity index (χ0) is 14.9. The number of benzene rings is 1. The van der Waals surface area contributed by atoms with Crippen molar-refractivity contribution in [1.29, 1.82) is 5.26 Å². The van der Waals surface area contributed by atoms with E-state index in [0.717, 1.165) is 0 Å². The molecule has 0 fully saturated rings. The number of carbonyl (C=O) groups excluding carboxylic acids is 1. The van der Waals surface area contributed by atoms with Gasteiger partial charge in [-0.15, -0.1) is 0 Å². The van der Waals surface area contributed by atoms with Gasteiger partial charge in [-0.3, -0.25) is 9.59 Å². The number of phenols is 1. The van der Waals surface area contributed by atoms with Crippen LogP contribution in [0.3, 0.4) is 0 Å². The van der Waals surface area contributed by atoms with Crippen molar-refractivity contribution in [1.82, 2.24) is 4.98 Å². The number of hydrogen-bond donors (Lipinski definition) is 3. The van der Waals surface area contributed by atoms with Crippen molar-refractivity contribution >= 4 is 5.91 Å². The van der Waals surface area contributed by atoms with Crippen molar-refractivity contribution in [3.8, 4) is 22.9 Å². The molecule has 0 saturated carbocycles. The molecule has 4 N–H and O–H groups in total. The molecule has 0 atom stereocenters. The van der Waals surface area contributed by atoms with Crippen molar-refractivity contribution in [2.24, 2.45) is 5.73 Å². The van der Waals surface area contributed by atoms with Crippen LogP contribution >= 0.6 is 0 Å². The molecule has 1 heterocycles. The highest BCUT2D eigenvalue weighted by atomic mass is 16.3. The minimum Gasteiger partial charge on any atom is -0.507 e. The van der Waals surface area contributed by atoms with Gasteiger partial charge in [-0.2, -0.15) is 5.26 Å². The lowest BCUT2D eigenvalue weighted by Gasteiger charge is -2.08. The Hall–Kier alpha value is -3.07. The van der Waals surface area contributed by atoms with Gasteiger partial charge in [-0.25, -0.2) is 0 Å². The summed E-state index contributed by atoms with van der Waals surface area (Å²) in [5.41, 5.74) is 5.96. The Labute approximate surface area is 114 Å². The number of nitriles is 1. The van der Waals surface area contributed by atoms with Gasteiger partial charge in [-0.05, 0) is 30.7 Å². The van der Waals surface area contributed by atoms with Crippen LogP contribution in [0.25, 0.3) is 11.1 Å². The molecular weight excluding hydrogens is 258 g/mol. The van der Waals surface area contributed by atoms with Crippen molar-refractivity contribution in [2.45, 2.75) is 6.92 Å². The summed E-state index contributed by atoms with van der Waals surface area (Å²) in [5, 5.41) is 18.6. The van der Waals surface area contributed by atoms with Gasteiger partial charge in [0.25, 0.3) is 11.5 Å². The number of aryl methyl sites for hydroxylation is 1. The number of aromatic hydroxyl groups is 1. The topological polar surface area (TPSA) is 120 Å². The first kappa shape index (κ1) is 13.4. The number of amides is 1. The lowest BCUT2D eigenvalue weighted by Crippen LogP contribution is -2.14. The van der Waals surface area contributed by atoms with E-state index < -0.39 is 11.5 Å². The lowest BCUT2D eigenvalue weighted by atomic mass is 9.98. The molecule has 1 aromatic heterocycles. The summed E-state index contributed by atoms with van der Waals surface area (Å²) in [6, 6.07) is 7.62. The number of pyridine rings is 1. The largest absolute Gasteiger partial charge is 0.507 e. The maximum atomic E-state index is 11.7. The second-order valence-electron chi connectivity index (χ2n) is 4.28. The molecule has 6 nitrogen and oxygen atoms in total. The number of aromatic nitrogens is 1. The summed E-state index contributed by atoms with van der Waals surface area (Å²) in [4.78, 5) is 25.5. The molecule has 0 bridgehead atoms. The van der Waals surface area contributed by atoms with Crippen LogP contribution in [-0.4, -0.2) is 16.0 Å². The number of nitrogens with one attached hydrogen (secondary N) is 1. The molecule has 0 unspecified atom stereocenters. The molecule has 0 aliphatic rings. The quantitative estimate of drug-likeness (QED) is 0.753. The molecule has 2 rings (SSSR count). The van der Waals surface area contributed by atoms with Gasteiger partial charge in [0.1, 0.15) is 17.4 Å². The van der Waals surface area contributed by atoms with E-state index >= 15 is 0 Å². The highest BCUT2D eigenvalue weighted by molar-refractivity contribution is 5.97. The standard InChI is InChI=1S/C14H11N3O3/c1-7-4-9(11(6-15)14(20)17-7)8-2-3-12(18)10(5-8)13(16)19/h2-5,18H,1H3,(H2,16,19)(H,17,20). The zero-order valence-corrected chi connectivity index (χ0v) is 10.6. The Bertz CT molecular complexity index is 800. The van der Waals surface area contributed by atoms with Crippen LogP contribution in [0.5, 0.6) is 5.75 Å². The fourth-order valence-electron chi connectivity index (χ4n) is 1.93. The van der Waals surface area contributed by atoms with Gasteiger partial charge >= 0.3 is 0 Å². The Balaban J connectivity index is 2.76. The van der Waals surface area contributed by atoms with E-state index in [1.165, 1.54) is 18.2 Å². The number of nitrogens with two attached hydrogens (primary N) is 1. The van der Waals surface area contributed by atoms with Gasteiger partial charge in [0.2, 0.25) is 0 Å². The van der Waals surface area contributed by atoms with Crippen molar-refractivity contribution in [3.63, 3.8) is 0 Å². The minimum atomic E-state index is -0.788. The Morgan fingerprint density at radius 3 is 2.70 bits per heavy atom. The highest BCUT2D eigenvalue weighted by Gasteiger charge is 2.14. The van der Waals surface area contributed by atoms with E-state index in [4.69, 9.17) is 11.0 Å². The number of primary amides is 1. The minimum absolute atomic E-state index is 0.0586. The van der Waals surface area contributed by atoms with Crippen LogP contribution in [-0.2, 0) is 0 Å². The second kappa shape index (κ2) is 4.90. The van der Waals surface area contributed by atoms with E-state index in [2.05, 4.69) is 4.98 Å². The molecular formula is C14H11N3O3. The van der Waals surface area contributed by atoms with Gasteiger partial charge < -0.3 is 15.8 Å². The average Bonchev–Trinajstić information content (AvgIpc) is 2.38. The van der Waals surface area contributed by atoms with Crippen LogP contribution in [0.1, 0.15) is 21.6 Å². The summed E-state index contributed by atoms with van der Waals surface area (Å²) in [6.45, 7) is 1.68. The van der Waals surface area contributed by atoms with Gasteiger partial charge in [0.15, 0.2) is 0 Å². The third-order valence-corrected chi connectivity index (χ3v) is 2.85. The summed E-state index contributed by atoms with van der Waals surface area (Å²) in [7, 11) is 0. The summed E-state index contributed by atoms with van der Waals surface area (Å²) in [5.74, 6) is -1.04. The van der Waals surface area contributed by atoms with Crippen LogP contribution in [0.15, 0.2) is 29.1 Å². The van der Waals surface area contributed by atoms with E-state index in [-0.39, 0.29) is 16.9 Å². The molecule has 2 aromatic rings. The van der Waals surface area contributed by atoms with Crippen molar-refractivity contribution < 1.29 is 9.90 Å². The van der Waals surface area contributed by atoms with Crippen molar-refractivity contribution in [2.75, 3.05) is 0 Å². The fourth-order valence-corrected chi connectivity index (χ4v) is 1.93. The second-order valence-corrected chi connectivity index (χ2v) is 4.28. The Kier molecular flexibility index (Phi) is 3.27. The summed E-state index contributed by atoms with van der Waals surface area (Å²) in [6.07, 6.45) is 0. The normalized spacial score (nSPS) is 10.0. The van der Waals surface area contributed by atoms with Gasteiger partial charge in [0.05, 0.1) is 5.56 Å². The molecule has 1 amide bonds. The Morgan fingerprint density at radius 1 is 1.40 bits per heavy atom. The predicted octanol–water partition coefficient (Wildman–Crippen LogP) is 1.03. The summed E-state index contributed by atoms with van der Waals surface area (Å²) >= 11 is 0. The predicted molar refractivity (Wildman–Crippen MR) is 72.1 cm³/mol. The van der Waals surface area contributed by atoms with E-state index in [9.17, 15) is 14.7 Å². The van der Waals surface area contributed by atoms with E-state index in [1.54, 1.807) is 13.0 Å². The number of rotatable bonds is 2. The van der Waals surface area contributed by atoms with E-state index in [1.807, 2.05) is 6.07 Å². The first-order valence-corrected chi connectivity index (χ1v) is 5.71. The molecule has 100 valence electrons. The third-order valence-electron chi connectivity index (χ3n) is 2.85. The first-order chi connectivity index (χ1) is 9.43. The molecule has 0 saturated heterocycles. The third kappa shape index (κ3) is 2.24. The van der Waals surface area contributed by atoms with Crippen LogP contribution < -0.4 is 11.3 Å². The highest BCUT2D eigenvalue weighted by Crippen LogP contribution is 2.27. The van der Waals surface area contributed by atoms with Crippen LogP contribution in [0, 0.1) is 18.3 Å².